The number of nitrogens with two attached hydrogens (primary N) is 1. The molecule has 0 spiro atoms. The number of esters is 1. The molecule has 188 valence electrons. The van der Waals surface area contributed by atoms with Crippen molar-refractivity contribution in [1.82, 2.24) is 29.6 Å². The van der Waals surface area contributed by atoms with E-state index < -0.39 is 11.6 Å². The molecule has 1 saturated heterocycles. The molecule has 4 aromatic rings. The van der Waals surface area contributed by atoms with Gasteiger partial charge in [0.05, 0.1) is 29.8 Å². The number of likely N-dealkylation sites (tertiary alicyclic amines) is 1. The summed E-state index contributed by atoms with van der Waals surface area (Å²) in [7, 11) is 1.35. The van der Waals surface area contributed by atoms with Gasteiger partial charge < -0.3 is 25.1 Å². The van der Waals surface area contributed by atoms with Gasteiger partial charge in [0.25, 0.3) is 0 Å². The van der Waals surface area contributed by atoms with Gasteiger partial charge in [-0.1, -0.05) is 6.07 Å². The number of amides is 1. The van der Waals surface area contributed by atoms with Crippen LogP contribution in [0.3, 0.4) is 0 Å². The number of benzene rings is 1. The topological polar surface area (TPSA) is 141 Å². The third-order valence-corrected chi connectivity index (χ3v) is 6.28. The number of nitrogen functional groups attached to an aromatic ring is 1. The van der Waals surface area contributed by atoms with Crippen molar-refractivity contribution < 1.29 is 19.1 Å². The second-order valence-corrected chi connectivity index (χ2v) is 9.93. The van der Waals surface area contributed by atoms with Crippen LogP contribution in [0.2, 0.25) is 0 Å². The molecule has 1 aliphatic heterocycles. The van der Waals surface area contributed by atoms with Crippen molar-refractivity contribution in [2.24, 2.45) is 0 Å². The lowest BCUT2D eigenvalue weighted by Gasteiger charge is -2.33. The number of nitrogens with zero attached hydrogens (tertiary/aromatic N) is 5. The van der Waals surface area contributed by atoms with Crippen LogP contribution < -0.4 is 5.73 Å². The highest BCUT2D eigenvalue weighted by Crippen LogP contribution is 2.35. The Morgan fingerprint density at radius 3 is 2.58 bits per heavy atom. The molecule has 1 aliphatic rings. The van der Waals surface area contributed by atoms with Crippen LogP contribution in [0.25, 0.3) is 33.3 Å². The molecular weight excluding hydrogens is 462 g/mol. The molecule has 0 aliphatic carbocycles. The number of carbonyl (C=O) groups excluding carboxylic acids is 2. The zero-order chi connectivity index (χ0) is 25.6. The van der Waals surface area contributed by atoms with Crippen molar-refractivity contribution in [1.29, 1.82) is 0 Å². The van der Waals surface area contributed by atoms with Gasteiger partial charge in [0.15, 0.2) is 5.65 Å². The first kappa shape index (κ1) is 23.6. The smallest absolute Gasteiger partial charge is 0.410 e. The highest BCUT2D eigenvalue weighted by Gasteiger charge is 2.30. The normalized spacial score (nSPS) is 14.9. The van der Waals surface area contributed by atoms with E-state index >= 15 is 0 Å². The van der Waals surface area contributed by atoms with E-state index in [1.807, 2.05) is 37.6 Å². The van der Waals surface area contributed by atoms with Crippen LogP contribution >= 0.6 is 0 Å². The minimum absolute atomic E-state index is 0.0320. The average Bonchev–Trinajstić information content (AvgIpc) is 3.44. The number of nitrogens with one attached hydrogen (secondary N) is 1. The van der Waals surface area contributed by atoms with Gasteiger partial charge in [0.2, 0.25) is 0 Å². The summed E-state index contributed by atoms with van der Waals surface area (Å²) in [5, 5.41) is 6.50. The van der Waals surface area contributed by atoms with Crippen LogP contribution in [0.1, 0.15) is 50.0 Å². The van der Waals surface area contributed by atoms with E-state index in [1.54, 1.807) is 17.0 Å². The number of aromatic nitrogens is 5. The Morgan fingerprint density at radius 2 is 1.89 bits per heavy atom. The van der Waals surface area contributed by atoms with Gasteiger partial charge in [-0.3, -0.25) is 0 Å². The van der Waals surface area contributed by atoms with E-state index in [0.717, 1.165) is 16.6 Å². The van der Waals surface area contributed by atoms with Crippen molar-refractivity contribution >= 4 is 39.8 Å². The number of rotatable bonds is 3. The number of H-pyrrole nitrogens is 1. The lowest BCUT2D eigenvalue weighted by atomic mass is 10.1. The Hall–Kier alpha value is -4.15. The Kier molecular flexibility index (Phi) is 5.77. The minimum atomic E-state index is -0.535. The van der Waals surface area contributed by atoms with Crippen LogP contribution in [0.5, 0.6) is 0 Å². The van der Waals surface area contributed by atoms with Gasteiger partial charge >= 0.3 is 12.1 Å². The number of methoxy groups -OCH3 is 1. The van der Waals surface area contributed by atoms with Gasteiger partial charge in [-0.05, 0) is 51.8 Å². The first-order valence-corrected chi connectivity index (χ1v) is 11.8. The fraction of sp³-hybridized carbons (Fsp3) is 0.400. The standard InChI is InChI=1S/C25H29N7O4/c1-25(2,3)36-24(34)31-9-7-16(8-10-31)32-22-19(21(26)27-13-28-22)20(30-32)18-11-14-5-6-15(23(33)35-4)12-17(14)29-18/h5-6,11-13,16,29H,7-10H2,1-4H3,(H2,26,27,28). The summed E-state index contributed by atoms with van der Waals surface area (Å²) in [6.45, 7) is 6.69. The maximum Gasteiger partial charge on any atom is 0.410 e. The molecule has 3 aromatic heterocycles. The van der Waals surface area contributed by atoms with E-state index in [0.29, 0.717) is 54.0 Å². The van der Waals surface area contributed by atoms with Crippen molar-refractivity contribution in [2.75, 3.05) is 25.9 Å². The zero-order valence-corrected chi connectivity index (χ0v) is 20.7. The van der Waals surface area contributed by atoms with Crippen molar-refractivity contribution in [3.63, 3.8) is 0 Å². The Bertz CT molecular complexity index is 1460. The number of hydrogen-bond acceptors (Lipinski definition) is 8. The fourth-order valence-electron chi connectivity index (χ4n) is 4.56. The zero-order valence-electron chi connectivity index (χ0n) is 20.7. The number of carbonyl (C=O) groups is 2. The van der Waals surface area contributed by atoms with Crippen molar-refractivity contribution in [2.45, 2.75) is 45.3 Å². The van der Waals surface area contributed by atoms with Crippen LogP contribution in [-0.2, 0) is 9.47 Å². The third kappa shape index (κ3) is 4.32. The number of hydrogen-bond donors (Lipinski definition) is 2. The molecule has 5 rings (SSSR count). The maximum atomic E-state index is 12.5. The summed E-state index contributed by atoms with van der Waals surface area (Å²) in [5.74, 6) is -0.0699. The van der Waals surface area contributed by atoms with Crippen LogP contribution in [0.15, 0.2) is 30.6 Å². The molecule has 3 N–H and O–H groups in total. The lowest BCUT2D eigenvalue weighted by Crippen LogP contribution is -2.42. The lowest BCUT2D eigenvalue weighted by molar-refractivity contribution is 0.0186. The molecule has 0 saturated carbocycles. The summed E-state index contributed by atoms with van der Waals surface area (Å²) in [6.07, 6.45) is 2.54. The second kappa shape index (κ2) is 8.81. The van der Waals surface area contributed by atoms with E-state index in [-0.39, 0.29) is 12.1 Å². The summed E-state index contributed by atoms with van der Waals surface area (Å²) in [5.41, 5.74) is 8.99. The number of ether oxygens (including phenoxy) is 2. The molecule has 1 amide bonds. The molecule has 1 aromatic carbocycles. The molecule has 11 heteroatoms. The van der Waals surface area contributed by atoms with Gasteiger partial charge in [0, 0.05) is 24.0 Å². The second-order valence-electron chi connectivity index (χ2n) is 9.93. The van der Waals surface area contributed by atoms with E-state index in [2.05, 4.69) is 15.0 Å². The van der Waals surface area contributed by atoms with Gasteiger partial charge in [0.1, 0.15) is 23.4 Å². The Labute approximate surface area is 207 Å². The SMILES string of the molecule is COC(=O)c1ccc2cc(-c3nn(C4CCN(C(=O)OC(C)(C)C)CC4)c4ncnc(N)c34)[nH]c2c1. The molecule has 4 heterocycles. The number of piperidine rings is 1. The fourth-order valence-corrected chi connectivity index (χ4v) is 4.56. The average molecular weight is 492 g/mol. The van der Waals surface area contributed by atoms with Crippen LogP contribution in [-0.4, -0.2) is 67.5 Å². The molecule has 0 radical (unpaired) electrons. The van der Waals surface area contributed by atoms with E-state index in [1.165, 1.54) is 13.4 Å². The van der Waals surface area contributed by atoms with E-state index in [4.69, 9.17) is 20.3 Å². The number of aromatic amines is 1. The first-order chi connectivity index (χ1) is 17.1. The predicted octanol–water partition coefficient (Wildman–Crippen LogP) is 3.92. The summed E-state index contributed by atoms with van der Waals surface area (Å²) < 4.78 is 12.2. The predicted molar refractivity (Wildman–Crippen MR) is 134 cm³/mol. The van der Waals surface area contributed by atoms with Crippen molar-refractivity contribution in [3.05, 3.63) is 36.2 Å². The quantitative estimate of drug-likeness (QED) is 0.411. The molecule has 0 atom stereocenters. The minimum Gasteiger partial charge on any atom is -0.465 e. The van der Waals surface area contributed by atoms with Gasteiger partial charge in [-0.2, -0.15) is 5.10 Å². The molecule has 36 heavy (non-hydrogen) atoms. The number of fused-ring (bicyclic) bond motifs is 2. The summed E-state index contributed by atoms with van der Waals surface area (Å²) in [4.78, 5) is 38.2. The molecule has 0 unspecified atom stereocenters. The Balaban J connectivity index is 1.48. The highest BCUT2D eigenvalue weighted by atomic mass is 16.6. The van der Waals surface area contributed by atoms with Crippen molar-refractivity contribution in [3.8, 4) is 11.4 Å². The molecule has 0 bridgehead atoms. The third-order valence-electron chi connectivity index (χ3n) is 6.28. The monoisotopic (exact) mass is 491 g/mol. The first-order valence-electron chi connectivity index (χ1n) is 11.8. The summed E-state index contributed by atoms with van der Waals surface area (Å²) >= 11 is 0. The van der Waals surface area contributed by atoms with E-state index in [9.17, 15) is 9.59 Å². The van der Waals surface area contributed by atoms with Gasteiger partial charge in [-0.15, -0.1) is 0 Å². The number of anilines is 1. The molecule has 11 nitrogen and oxygen atoms in total. The largest absolute Gasteiger partial charge is 0.465 e. The van der Waals surface area contributed by atoms with Crippen LogP contribution in [0.4, 0.5) is 10.6 Å². The highest BCUT2D eigenvalue weighted by molar-refractivity contribution is 6.01. The maximum absolute atomic E-state index is 12.5. The van der Waals surface area contributed by atoms with Gasteiger partial charge in [-0.25, -0.2) is 24.2 Å². The Morgan fingerprint density at radius 1 is 1.14 bits per heavy atom. The van der Waals surface area contributed by atoms with Crippen LogP contribution in [0, 0.1) is 0 Å². The summed E-state index contributed by atoms with van der Waals surface area (Å²) in [6, 6.07) is 7.31. The molecular formula is C25H29N7O4. The molecule has 1 fully saturated rings.